The van der Waals surface area contributed by atoms with E-state index < -0.39 is 11.2 Å². The van der Waals surface area contributed by atoms with Crippen molar-refractivity contribution < 1.29 is 4.79 Å². The first-order valence-electron chi connectivity index (χ1n) is 7.51. The molecular weight excluding hydrogens is 366 g/mol. The smallest absolute Gasteiger partial charge is 0.332 e. The number of hydrogen-bond donors (Lipinski definition) is 0. The van der Waals surface area contributed by atoms with Crippen molar-refractivity contribution in [3.05, 3.63) is 25.6 Å². The van der Waals surface area contributed by atoms with Gasteiger partial charge < -0.3 is 4.90 Å². The average molecular weight is 384 g/mol. The van der Waals surface area contributed by atoms with Gasteiger partial charge in [-0.05, 0) is 35.2 Å². The first-order valence-corrected chi connectivity index (χ1v) is 8.30. The van der Waals surface area contributed by atoms with E-state index in [4.69, 9.17) is 0 Å². The van der Waals surface area contributed by atoms with Gasteiger partial charge in [0.2, 0.25) is 5.91 Å². The minimum atomic E-state index is -0.465. The molecule has 1 saturated heterocycles. The zero-order valence-electron chi connectivity index (χ0n) is 13.1. The summed E-state index contributed by atoms with van der Waals surface area (Å²) in [6.07, 6.45) is 3.17. The topological polar surface area (TPSA) is 82.1 Å². The van der Waals surface area contributed by atoms with Gasteiger partial charge in [-0.3, -0.25) is 23.3 Å². The summed E-state index contributed by atoms with van der Waals surface area (Å²) in [5.41, 5.74) is -0.377. The standard InChI is InChI=1S/C14H18BrN5O3/c1-17-11-10(12(22)18(2)14(17)23)16-13(15)20(11)8-9(21)19-6-4-3-5-7-19/h3-8H2,1-2H3. The predicted molar refractivity (Wildman–Crippen MR) is 88.3 cm³/mol. The molecule has 3 heterocycles. The summed E-state index contributed by atoms with van der Waals surface area (Å²) >= 11 is 3.30. The third kappa shape index (κ3) is 2.62. The highest BCUT2D eigenvalue weighted by molar-refractivity contribution is 9.10. The normalized spacial score (nSPS) is 15.3. The number of hydrogen-bond acceptors (Lipinski definition) is 4. The molecule has 2 aromatic rings. The number of fused-ring (bicyclic) bond motifs is 1. The number of imidazole rings is 1. The Bertz CT molecular complexity index is 888. The number of aryl methyl sites for hydroxylation is 1. The van der Waals surface area contributed by atoms with Crippen LogP contribution < -0.4 is 11.2 Å². The second kappa shape index (κ2) is 5.95. The van der Waals surface area contributed by atoms with Crippen LogP contribution in [-0.2, 0) is 25.4 Å². The SMILES string of the molecule is Cn1c(=O)c2nc(Br)n(CC(=O)N3CCCCC3)c2n(C)c1=O. The van der Waals surface area contributed by atoms with Crippen molar-refractivity contribution >= 4 is 33.0 Å². The van der Waals surface area contributed by atoms with Crippen LogP contribution in [0.5, 0.6) is 0 Å². The number of likely N-dealkylation sites (tertiary alicyclic amines) is 1. The maximum atomic E-state index is 12.5. The Morgan fingerprint density at radius 2 is 1.78 bits per heavy atom. The second-order valence-electron chi connectivity index (χ2n) is 5.79. The first-order chi connectivity index (χ1) is 10.9. The fourth-order valence-corrected chi connectivity index (χ4v) is 3.45. The van der Waals surface area contributed by atoms with Gasteiger partial charge in [0.15, 0.2) is 15.9 Å². The van der Waals surface area contributed by atoms with Gasteiger partial charge in [-0.25, -0.2) is 9.78 Å². The van der Waals surface area contributed by atoms with Crippen LogP contribution in [0.3, 0.4) is 0 Å². The lowest BCUT2D eigenvalue weighted by Gasteiger charge is -2.27. The highest BCUT2D eigenvalue weighted by Gasteiger charge is 2.22. The van der Waals surface area contributed by atoms with E-state index in [2.05, 4.69) is 20.9 Å². The van der Waals surface area contributed by atoms with Gasteiger partial charge in [0.05, 0.1) is 0 Å². The Morgan fingerprint density at radius 3 is 2.43 bits per heavy atom. The molecule has 1 fully saturated rings. The number of halogens is 1. The van der Waals surface area contributed by atoms with Crippen LogP contribution in [0.2, 0.25) is 0 Å². The van der Waals surface area contributed by atoms with Crippen molar-refractivity contribution in [2.75, 3.05) is 13.1 Å². The van der Waals surface area contributed by atoms with Gasteiger partial charge in [0.25, 0.3) is 5.56 Å². The summed E-state index contributed by atoms with van der Waals surface area (Å²) < 4.78 is 4.31. The summed E-state index contributed by atoms with van der Waals surface area (Å²) in [4.78, 5) is 42.8. The molecule has 0 bridgehead atoms. The number of amides is 1. The molecule has 0 aliphatic carbocycles. The molecule has 1 amide bonds. The van der Waals surface area contributed by atoms with Crippen molar-refractivity contribution in [1.29, 1.82) is 0 Å². The molecule has 0 atom stereocenters. The van der Waals surface area contributed by atoms with E-state index in [0.29, 0.717) is 10.4 Å². The molecule has 0 N–H and O–H groups in total. The van der Waals surface area contributed by atoms with Gasteiger partial charge in [0, 0.05) is 27.2 Å². The van der Waals surface area contributed by atoms with E-state index in [1.807, 2.05) is 4.90 Å². The zero-order chi connectivity index (χ0) is 16.7. The predicted octanol–water partition coefficient (Wildman–Crippen LogP) is 0.209. The van der Waals surface area contributed by atoms with Gasteiger partial charge in [0.1, 0.15) is 6.54 Å². The number of rotatable bonds is 2. The Kier molecular flexibility index (Phi) is 4.13. The van der Waals surface area contributed by atoms with Crippen LogP contribution in [0.25, 0.3) is 11.2 Å². The van der Waals surface area contributed by atoms with Gasteiger partial charge in [-0.2, -0.15) is 0 Å². The third-order valence-corrected chi connectivity index (χ3v) is 4.90. The third-order valence-electron chi connectivity index (χ3n) is 4.30. The lowest BCUT2D eigenvalue weighted by atomic mass is 10.1. The van der Waals surface area contributed by atoms with Crippen LogP contribution in [0.4, 0.5) is 0 Å². The van der Waals surface area contributed by atoms with Crippen molar-refractivity contribution in [3.8, 4) is 0 Å². The first kappa shape index (κ1) is 16.0. The Hall–Kier alpha value is -1.90. The van der Waals surface area contributed by atoms with E-state index in [1.165, 1.54) is 11.6 Å². The Labute approximate surface area is 140 Å². The summed E-state index contributed by atoms with van der Waals surface area (Å²) in [6.45, 7) is 1.56. The van der Waals surface area contributed by atoms with Crippen molar-refractivity contribution in [1.82, 2.24) is 23.6 Å². The number of piperidine rings is 1. The van der Waals surface area contributed by atoms with E-state index >= 15 is 0 Å². The lowest BCUT2D eigenvalue weighted by molar-refractivity contribution is -0.132. The number of carbonyl (C=O) groups is 1. The highest BCUT2D eigenvalue weighted by Crippen LogP contribution is 2.17. The second-order valence-corrected chi connectivity index (χ2v) is 6.50. The van der Waals surface area contributed by atoms with E-state index in [1.54, 1.807) is 11.6 Å². The van der Waals surface area contributed by atoms with Crippen molar-refractivity contribution in [2.24, 2.45) is 14.1 Å². The quantitative estimate of drug-likeness (QED) is 0.694. The van der Waals surface area contributed by atoms with Crippen LogP contribution in [0.15, 0.2) is 14.3 Å². The number of carbonyl (C=O) groups excluding carboxylic acids is 1. The minimum absolute atomic E-state index is 0.0298. The highest BCUT2D eigenvalue weighted by atomic mass is 79.9. The fourth-order valence-electron chi connectivity index (χ4n) is 2.98. The van der Waals surface area contributed by atoms with Crippen molar-refractivity contribution in [2.45, 2.75) is 25.8 Å². The Balaban J connectivity index is 2.07. The van der Waals surface area contributed by atoms with Gasteiger partial charge in [-0.1, -0.05) is 0 Å². The summed E-state index contributed by atoms with van der Waals surface area (Å²) in [6, 6.07) is 0. The molecule has 1 aliphatic heterocycles. The van der Waals surface area contributed by atoms with Crippen LogP contribution in [-0.4, -0.2) is 42.6 Å². The summed E-state index contributed by atoms with van der Waals surface area (Å²) in [7, 11) is 2.98. The average Bonchev–Trinajstić information content (AvgIpc) is 2.88. The molecular formula is C14H18BrN5O3. The molecule has 0 radical (unpaired) electrons. The molecule has 9 heteroatoms. The number of aromatic nitrogens is 4. The van der Waals surface area contributed by atoms with E-state index in [9.17, 15) is 14.4 Å². The molecule has 8 nitrogen and oxygen atoms in total. The monoisotopic (exact) mass is 383 g/mol. The molecule has 23 heavy (non-hydrogen) atoms. The maximum Gasteiger partial charge on any atom is 0.332 e. The van der Waals surface area contributed by atoms with E-state index in [-0.39, 0.29) is 18.0 Å². The van der Waals surface area contributed by atoms with Crippen LogP contribution >= 0.6 is 15.9 Å². The van der Waals surface area contributed by atoms with Crippen LogP contribution in [0.1, 0.15) is 19.3 Å². The molecule has 3 rings (SSSR count). The fraction of sp³-hybridized carbons (Fsp3) is 0.571. The minimum Gasteiger partial charge on any atom is -0.341 e. The van der Waals surface area contributed by atoms with Crippen LogP contribution in [0, 0.1) is 0 Å². The lowest BCUT2D eigenvalue weighted by Crippen LogP contribution is -2.39. The zero-order valence-corrected chi connectivity index (χ0v) is 14.7. The summed E-state index contributed by atoms with van der Waals surface area (Å²) in [5, 5.41) is 0. The Morgan fingerprint density at radius 1 is 1.13 bits per heavy atom. The molecule has 2 aromatic heterocycles. The van der Waals surface area contributed by atoms with Gasteiger partial charge in [-0.15, -0.1) is 0 Å². The molecule has 0 spiro atoms. The van der Waals surface area contributed by atoms with Crippen molar-refractivity contribution in [3.63, 3.8) is 0 Å². The molecule has 0 unspecified atom stereocenters. The molecule has 1 aliphatic rings. The van der Waals surface area contributed by atoms with E-state index in [0.717, 1.165) is 36.9 Å². The largest absolute Gasteiger partial charge is 0.341 e. The molecule has 0 saturated carbocycles. The van der Waals surface area contributed by atoms with Gasteiger partial charge >= 0.3 is 5.69 Å². The molecule has 124 valence electrons. The summed E-state index contributed by atoms with van der Waals surface area (Å²) in [5.74, 6) is -0.0298. The molecule has 0 aromatic carbocycles. The maximum absolute atomic E-state index is 12.5. The number of nitrogens with zero attached hydrogens (tertiary/aromatic N) is 5.